The maximum Gasteiger partial charge on any atom is 0.259 e. The van der Waals surface area contributed by atoms with Crippen LogP contribution in [0.15, 0.2) is 41.8 Å². The summed E-state index contributed by atoms with van der Waals surface area (Å²) >= 11 is 6.13. The van der Waals surface area contributed by atoms with Gasteiger partial charge < -0.3 is 10.3 Å². The number of nitrogens with two attached hydrogens (primary N) is 1. The summed E-state index contributed by atoms with van der Waals surface area (Å²) in [5, 5.41) is 0.754. The SMILES string of the molecule is Cl.Cn1cnc(S(=O)(=O)NC2CCC(CN)(c3cccc(Cl)c3)CC2)c1. The van der Waals surface area contributed by atoms with E-state index in [4.69, 9.17) is 17.3 Å². The number of benzene rings is 1. The van der Waals surface area contributed by atoms with Crippen molar-refractivity contribution in [1.29, 1.82) is 0 Å². The van der Waals surface area contributed by atoms with Crippen molar-refractivity contribution >= 4 is 34.0 Å². The van der Waals surface area contributed by atoms with E-state index in [2.05, 4.69) is 15.8 Å². The summed E-state index contributed by atoms with van der Waals surface area (Å²) < 4.78 is 29.3. The van der Waals surface area contributed by atoms with Gasteiger partial charge in [0.25, 0.3) is 10.0 Å². The molecule has 9 heteroatoms. The van der Waals surface area contributed by atoms with Gasteiger partial charge >= 0.3 is 0 Å². The second-order valence-corrected chi connectivity index (χ2v) is 8.87. The summed E-state index contributed by atoms with van der Waals surface area (Å²) in [5.41, 5.74) is 7.08. The van der Waals surface area contributed by atoms with Gasteiger partial charge in [-0.1, -0.05) is 23.7 Å². The van der Waals surface area contributed by atoms with E-state index in [1.165, 1.54) is 12.5 Å². The van der Waals surface area contributed by atoms with Crippen molar-refractivity contribution < 1.29 is 8.42 Å². The standard InChI is InChI=1S/C17H23ClN4O2S.ClH/c1-22-10-16(20-12-22)25(23,24)21-15-5-7-17(11-19,8-6-15)13-3-2-4-14(18)9-13;/h2-4,9-10,12,15,21H,5-8,11,19H2,1H3;1H. The third-order valence-electron chi connectivity index (χ3n) is 5.05. The van der Waals surface area contributed by atoms with Crippen LogP contribution in [0.5, 0.6) is 0 Å². The fourth-order valence-corrected chi connectivity index (χ4v) is 5.00. The Labute approximate surface area is 165 Å². The van der Waals surface area contributed by atoms with Crippen LogP contribution in [0.3, 0.4) is 0 Å². The van der Waals surface area contributed by atoms with Gasteiger partial charge in [0.2, 0.25) is 0 Å². The van der Waals surface area contributed by atoms with Crippen LogP contribution < -0.4 is 10.5 Å². The van der Waals surface area contributed by atoms with Crippen LogP contribution in [0.25, 0.3) is 0 Å². The second kappa shape index (κ2) is 8.27. The van der Waals surface area contributed by atoms with Gasteiger partial charge in [0.15, 0.2) is 5.03 Å². The number of rotatable bonds is 5. The number of imidazole rings is 1. The molecule has 2 aromatic rings. The highest BCUT2D eigenvalue weighted by atomic mass is 35.5. The molecule has 1 fully saturated rings. The predicted octanol–water partition coefficient (Wildman–Crippen LogP) is 2.61. The molecule has 0 spiro atoms. The Hall–Kier alpha value is -1.12. The molecule has 1 aliphatic carbocycles. The van der Waals surface area contributed by atoms with Crippen LogP contribution in [0.4, 0.5) is 0 Å². The van der Waals surface area contributed by atoms with Crippen molar-refractivity contribution in [3.8, 4) is 0 Å². The first-order valence-electron chi connectivity index (χ1n) is 8.31. The number of nitrogens with one attached hydrogen (secondary N) is 1. The number of hydrogen-bond acceptors (Lipinski definition) is 4. The first kappa shape index (κ1) is 21.2. The van der Waals surface area contributed by atoms with E-state index >= 15 is 0 Å². The molecule has 1 saturated carbocycles. The minimum absolute atomic E-state index is 0. The normalized spacial score (nSPS) is 23.4. The molecule has 6 nitrogen and oxygen atoms in total. The second-order valence-electron chi connectivity index (χ2n) is 6.77. The monoisotopic (exact) mass is 418 g/mol. The lowest BCUT2D eigenvalue weighted by molar-refractivity contribution is 0.267. The van der Waals surface area contributed by atoms with E-state index < -0.39 is 10.0 Å². The molecular formula is C17H24Cl2N4O2S. The van der Waals surface area contributed by atoms with E-state index in [9.17, 15) is 8.42 Å². The molecule has 0 saturated heterocycles. The molecular weight excluding hydrogens is 395 g/mol. The summed E-state index contributed by atoms with van der Waals surface area (Å²) in [4.78, 5) is 3.93. The van der Waals surface area contributed by atoms with Crippen LogP contribution in [0, 0.1) is 0 Å². The zero-order valence-corrected chi connectivity index (χ0v) is 16.9. The van der Waals surface area contributed by atoms with Crippen LogP contribution in [0.2, 0.25) is 5.02 Å². The number of halogens is 2. The third kappa shape index (κ3) is 4.40. The first-order valence-corrected chi connectivity index (χ1v) is 10.2. The van der Waals surface area contributed by atoms with E-state index in [1.807, 2.05) is 18.2 Å². The number of hydrogen-bond donors (Lipinski definition) is 2. The fraction of sp³-hybridized carbons (Fsp3) is 0.471. The maximum atomic E-state index is 12.4. The Morgan fingerprint density at radius 2 is 2.08 bits per heavy atom. The summed E-state index contributed by atoms with van der Waals surface area (Å²) in [6.45, 7) is 0.521. The molecule has 1 aromatic heterocycles. The molecule has 1 aromatic carbocycles. The zero-order valence-electron chi connectivity index (χ0n) is 14.6. The summed E-state index contributed by atoms with van der Waals surface area (Å²) in [6.07, 6.45) is 6.08. The Balaban J connectivity index is 0.00000243. The lowest BCUT2D eigenvalue weighted by Gasteiger charge is -2.40. The highest BCUT2D eigenvalue weighted by Gasteiger charge is 2.37. The van der Waals surface area contributed by atoms with Crippen molar-refractivity contribution in [1.82, 2.24) is 14.3 Å². The van der Waals surface area contributed by atoms with Gasteiger partial charge in [-0.15, -0.1) is 12.4 Å². The average Bonchev–Trinajstić information content (AvgIpc) is 3.03. The molecule has 0 aliphatic heterocycles. The van der Waals surface area contributed by atoms with Crippen molar-refractivity contribution in [2.75, 3.05) is 6.54 Å². The Morgan fingerprint density at radius 1 is 1.38 bits per heavy atom. The van der Waals surface area contributed by atoms with E-state index in [-0.39, 0.29) is 28.9 Å². The summed E-state index contributed by atoms with van der Waals surface area (Å²) in [6, 6.07) is 7.70. The van der Waals surface area contributed by atoms with Crippen LogP contribution in [-0.2, 0) is 22.5 Å². The average molecular weight is 419 g/mol. The molecule has 1 heterocycles. The Kier molecular flexibility index (Phi) is 6.74. The van der Waals surface area contributed by atoms with E-state index in [0.29, 0.717) is 11.6 Å². The van der Waals surface area contributed by atoms with Gasteiger partial charge in [-0.2, -0.15) is 0 Å². The van der Waals surface area contributed by atoms with Crippen molar-refractivity contribution in [2.45, 2.75) is 42.2 Å². The van der Waals surface area contributed by atoms with Crippen molar-refractivity contribution in [3.63, 3.8) is 0 Å². The number of sulfonamides is 1. The first-order chi connectivity index (χ1) is 11.8. The molecule has 26 heavy (non-hydrogen) atoms. The minimum Gasteiger partial charge on any atom is -0.339 e. The van der Waals surface area contributed by atoms with Crippen molar-refractivity contribution in [3.05, 3.63) is 47.4 Å². The minimum atomic E-state index is -3.59. The van der Waals surface area contributed by atoms with Gasteiger partial charge in [0.1, 0.15) is 0 Å². The quantitative estimate of drug-likeness (QED) is 0.780. The maximum absolute atomic E-state index is 12.4. The number of aryl methyl sites for hydroxylation is 1. The molecule has 0 unspecified atom stereocenters. The highest BCUT2D eigenvalue weighted by Crippen LogP contribution is 2.39. The predicted molar refractivity (Wildman–Crippen MR) is 105 cm³/mol. The molecule has 3 rings (SSSR count). The van der Waals surface area contributed by atoms with Crippen LogP contribution >= 0.6 is 24.0 Å². The lowest BCUT2D eigenvalue weighted by atomic mass is 9.68. The third-order valence-corrected chi connectivity index (χ3v) is 6.69. The topological polar surface area (TPSA) is 90.0 Å². The van der Waals surface area contributed by atoms with Crippen molar-refractivity contribution in [2.24, 2.45) is 12.8 Å². The molecule has 0 amide bonds. The van der Waals surface area contributed by atoms with Gasteiger partial charge in [0.05, 0.1) is 6.33 Å². The van der Waals surface area contributed by atoms with Gasteiger partial charge in [0, 0.05) is 36.3 Å². The summed E-state index contributed by atoms with van der Waals surface area (Å²) in [5.74, 6) is 0. The largest absolute Gasteiger partial charge is 0.339 e. The van der Waals surface area contributed by atoms with Gasteiger partial charge in [-0.3, -0.25) is 0 Å². The van der Waals surface area contributed by atoms with Crippen LogP contribution in [-0.4, -0.2) is 30.6 Å². The summed E-state index contributed by atoms with van der Waals surface area (Å²) in [7, 11) is -1.85. The molecule has 0 atom stereocenters. The number of nitrogens with zero attached hydrogens (tertiary/aromatic N) is 2. The van der Waals surface area contributed by atoms with E-state index in [1.54, 1.807) is 11.6 Å². The van der Waals surface area contributed by atoms with Gasteiger partial charge in [-0.25, -0.2) is 18.1 Å². The van der Waals surface area contributed by atoms with E-state index in [0.717, 1.165) is 31.2 Å². The van der Waals surface area contributed by atoms with Gasteiger partial charge in [-0.05, 0) is 43.4 Å². The molecule has 3 N–H and O–H groups in total. The highest BCUT2D eigenvalue weighted by molar-refractivity contribution is 7.89. The Morgan fingerprint density at radius 3 is 2.62 bits per heavy atom. The van der Waals surface area contributed by atoms with Crippen LogP contribution in [0.1, 0.15) is 31.2 Å². The number of aromatic nitrogens is 2. The molecule has 144 valence electrons. The zero-order chi connectivity index (χ0) is 18.1. The smallest absolute Gasteiger partial charge is 0.259 e. The fourth-order valence-electron chi connectivity index (χ4n) is 3.52. The lowest BCUT2D eigenvalue weighted by Crippen LogP contribution is -2.45. The molecule has 0 radical (unpaired) electrons. The molecule has 0 bridgehead atoms. The molecule has 1 aliphatic rings. The Bertz CT molecular complexity index is 846.